The quantitative estimate of drug-likeness (QED) is 0.388. The molecule has 4 atom stereocenters. The molecule has 13 heteroatoms. The SMILES string of the molecule is CC1CCC(=O)N([C@@H]2CN(c3ncc(OCC[C@@H](C)C4CCN(c5nc(C(C)C)no5)CC4)cn3)C[C@@H]2NC(=O)OC(C)(C)C)C1. The van der Waals surface area contributed by atoms with Gasteiger partial charge in [-0.2, -0.15) is 4.98 Å². The summed E-state index contributed by atoms with van der Waals surface area (Å²) in [5.41, 5.74) is -0.615. The zero-order chi connectivity index (χ0) is 33.0. The first kappa shape index (κ1) is 33.7. The average Bonchev–Trinajstić information content (AvgIpc) is 3.66. The highest BCUT2D eigenvalue weighted by atomic mass is 16.6. The van der Waals surface area contributed by atoms with E-state index in [0.29, 0.717) is 68.1 Å². The molecule has 0 radical (unpaired) electrons. The monoisotopic (exact) mass is 640 g/mol. The van der Waals surface area contributed by atoms with Crippen LogP contribution < -0.4 is 19.9 Å². The van der Waals surface area contributed by atoms with E-state index >= 15 is 0 Å². The predicted molar refractivity (Wildman–Crippen MR) is 174 cm³/mol. The van der Waals surface area contributed by atoms with Crippen molar-refractivity contribution in [3.63, 3.8) is 0 Å². The number of hydrogen-bond donors (Lipinski definition) is 1. The summed E-state index contributed by atoms with van der Waals surface area (Å²) in [4.78, 5) is 45.5. The number of alkyl carbamates (subject to hydrolysis) is 1. The van der Waals surface area contributed by atoms with Crippen LogP contribution in [0.5, 0.6) is 5.75 Å². The number of nitrogens with one attached hydrogen (secondary N) is 1. The maximum Gasteiger partial charge on any atom is 0.408 e. The van der Waals surface area contributed by atoms with E-state index in [1.807, 2.05) is 30.6 Å². The van der Waals surface area contributed by atoms with Crippen LogP contribution in [0.25, 0.3) is 0 Å². The van der Waals surface area contributed by atoms with Crippen molar-refractivity contribution < 1.29 is 23.6 Å². The van der Waals surface area contributed by atoms with Crippen molar-refractivity contribution >= 4 is 24.0 Å². The molecule has 3 saturated heterocycles. The predicted octanol–water partition coefficient (Wildman–Crippen LogP) is 4.65. The normalized spacial score (nSPS) is 23.6. The molecule has 2 amide bonds. The third kappa shape index (κ3) is 8.58. The zero-order valence-corrected chi connectivity index (χ0v) is 28.6. The lowest BCUT2D eigenvalue weighted by atomic mass is 9.84. The largest absolute Gasteiger partial charge is 0.490 e. The first-order chi connectivity index (χ1) is 21.9. The van der Waals surface area contributed by atoms with Crippen LogP contribution >= 0.6 is 0 Å². The van der Waals surface area contributed by atoms with Crippen LogP contribution in [0.1, 0.15) is 92.3 Å². The molecule has 5 rings (SSSR count). The summed E-state index contributed by atoms with van der Waals surface area (Å²) in [6, 6.07) is 0.136. The van der Waals surface area contributed by atoms with Gasteiger partial charge in [0, 0.05) is 45.1 Å². The molecule has 3 aliphatic rings. The highest BCUT2D eigenvalue weighted by molar-refractivity contribution is 5.78. The second-order valence-electron chi connectivity index (χ2n) is 14.7. The number of anilines is 2. The van der Waals surface area contributed by atoms with Gasteiger partial charge < -0.3 is 34.0 Å². The topological polar surface area (TPSA) is 139 Å². The van der Waals surface area contributed by atoms with Gasteiger partial charge in [-0.1, -0.05) is 32.9 Å². The van der Waals surface area contributed by atoms with Crippen molar-refractivity contribution in [2.75, 3.05) is 49.1 Å². The zero-order valence-electron chi connectivity index (χ0n) is 28.6. The van der Waals surface area contributed by atoms with Crippen LogP contribution in [-0.4, -0.2) is 94.0 Å². The van der Waals surface area contributed by atoms with Gasteiger partial charge in [-0.05, 0) is 64.2 Å². The van der Waals surface area contributed by atoms with Crippen molar-refractivity contribution in [1.82, 2.24) is 30.3 Å². The number of carbonyl (C=O) groups excluding carboxylic acids is 2. The molecule has 0 aliphatic carbocycles. The molecular weight excluding hydrogens is 588 g/mol. The van der Waals surface area contributed by atoms with E-state index in [9.17, 15) is 9.59 Å². The summed E-state index contributed by atoms with van der Waals surface area (Å²) in [6.45, 7) is 18.2. The Labute approximate surface area is 272 Å². The Hall–Kier alpha value is -3.64. The van der Waals surface area contributed by atoms with Crippen LogP contribution in [0.4, 0.5) is 16.8 Å². The van der Waals surface area contributed by atoms with E-state index in [4.69, 9.17) is 14.0 Å². The second-order valence-corrected chi connectivity index (χ2v) is 14.7. The molecule has 1 N–H and O–H groups in total. The number of rotatable bonds is 10. The molecular formula is C33H52N8O5. The van der Waals surface area contributed by atoms with E-state index < -0.39 is 11.7 Å². The molecule has 1 unspecified atom stereocenters. The number of aromatic nitrogens is 4. The van der Waals surface area contributed by atoms with Gasteiger partial charge in [-0.25, -0.2) is 14.8 Å². The van der Waals surface area contributed by atoms with Crippen molar-refractivity contribution in [2.45, 2.75) is 104 Å². The fourth-order valence-electron chi connectivity index (χ4n) is 6.62. The molecule has 46 heavy (non-hydrogen) atoms. The van der Waals surface area contributed by atoms with Gasteiger partial charge in [0.15, 0.2) is 11.6 Å². The van der Waals surface area contributed by atoms with Gasteiger partial charge in [0.05, 0.1) is 31.1 Å². The molecule has 3 aliphatic heterocycles. The number of amides is 2. The lowest BCUT2D eigenvalue weighted by molar-refractivity contribution is -0.137. The Bertz CT molecular complexity index is 1300. The summed E-state index contributed by atoms with van der Waals surface area (Å²) >= 11 is 0. The first-order valence-electron chi connectivity index (χ1n) is 16.9. The second kappa shape index (κ2) is 14.4. The fourth-order valence-corrected chi connectivity index (χ4v) is 6.62. The number of hydrogen-bond acceptors (Lipinski definition) is 11. The van der Waals surface area contributed by atoms with E-state index in [0.717, 1.165) is 44.6 Å². The molecule has 2 aromatic rings. The smallest absolute Gasteiger partial charge is 0.408 e. The Morgan fingerprint density at radius 1 is 1.07 bits per heavy atom. The minimum absolute atomic E-state index is 0.123. The highest BCUT2D eigenvalue weighted by Crippen LogP contribution is 2.30. The maximum atomic E-state index is 12.9. The van der Waals surface area contributed by atoms with Crippen LogP contribution in [0.2, 0.25) is 0 Å². The average molecular weight is 641 g/mol. The van der Waals surface area contributed by atoms with Gasteiger partial charge in [0.25, 0.3) is 0 Å². The Kier molecular flexibility index (Phi) is 10.6. The fraction of sp³-hybridized carbons (Fsp3) is 0.758. The number of nitrogens with zero attached hydrogens (tertiary/aromatic N) is 7. The molecule has 254 valence electrons. The van der Waals surface area contributed by atoms with Gasteiger partial charge in [-0.15, -0.1) is 0 Å². The number of likely N-dealkylation sites (tertiary alicyclic amines) is 1. The summed E-state index contributed by atoms with van der Waals surface area (Å²) in [5, 5.41) is 7.12. The van der Waals surface area contributed by atoms with E-state index in [1.165, 1.54) is 0 Å². The molecule has 2 aromatic heterocycles. The molecule has 5 heterocycles. The number of carbonyl (C=O) groups is 2. The van der Waals surface area contributed by atoms with Crippen LogP contribution in [0.3, 0.4) is 0 Å². The van der Waals surface area contributed by atoms with Crippen LogP contribution in [-0.2, 0) is 9.53 Å². The third-order valence-corrected chi connectivity index (χ3v) is 9.37. The molecule has 3 fully saturated rings. The number of piperidine rings is 2. The Morgan fingerprint density at radius 3 is 2.43 bits per heavy atom. The molecule has 0 saturated carbocycles. The lowest BCUT2D eigenvalue weighted by Crippen LogP contribution is -2.56. The van der Waals surface area contributed by atoms with E-state index in [1.54, 1.807) is 12.4 Å². The standard InChI is InChI=1S/C33H52N8O5/c1-21(2)29-37-31(46-38-29)39-13-10-24(11-14-39)23(4)12-15-44-25-16-34-30(35-17-25)40-19-26(36-32(43)45-33(5,6)7)27(20-40)41-18-22(3)8-9-28(41)42/h16-17,21-24,26-27H,8-15,18-20H2,1-7H3,(H,36,43)/t22?,23-,26+,27-/m1/s1. The lowest BCUT2D eigenvalue weighted by Gasteiger charge is -2.37. The van der Waals surface area contributed by atoms with Gasteiger partial charge in [-0.3, -0.25) is 4.79 Å². The van der Waals surface area contributed by atoms with Crippen molar-refractivity contribution in [1.29, 1.82) is 0 Å². The van der Waals surface area contributed by atoms with E-state index in [-0.39, 0.29) is 23.9 Å². The van der Waals surface area contributed by atoms with Gasteiger partial charge in [0.1, 0.15) is 5.60 Å². The van der Waals surface area contributed by atoms with E-state index in [2.05, 4.69) is 58.0 Å². The summed E-state index contributed by atoms with van der Waals surface area (Å²) in [5.74, 6) is 3.85. The van der Waals surface area contributed by atoms with Crippen LogP contribution in [0.15, 0.2) is 16.9 Å². The van der Waals surface area contributed by atoms with Crippen molar-refractivity contribution in [2.24, 2.45) is 17.8 Å². The Balaban J connectivity index is 1.11. The Morgan fingerprint density at radius 2 is 1.78 bits per heavy atom. The molecule has 0 spiro atoms. The molecule has 0 bridgehead atoms. The van der Waals surface area contributed by atoms with Gasteiger partial charge >= 0.3 is 12.1 Å². The summed E-state index contributed by atoms with van der Waals surface area (Å²) in [6.07, 6.45) is 7.45. The molecule has 0 aromatic carbocycles. The molecule has 13 nitrogen and oxygen atoms in total. The summed E-state index contributed by atoms with van der Waals surface area (Å²) < 4.78 is 17.1. The highest BCUT2D eigenvalue weighted by Gasteiger charge is 2.42. The van der Waals surface area contributed by atoms with Crippen molar-refractivity contribution in [3.05, 3.63) is 18.2 Å². The van der Waals surface area contributed by atoms with Crippen molar-refractivity contribution in [3.8, 4) is 5.75 Å². The third-order valence-electron chi connectivity index (χ3n) is 9.37. The maximum absolute atomic E-state index is 12.9. The number of ether oxygens (including phenoxy) is 2. The van der Waals surface area contributed by atoms with Gasteiger partial charge in [0.2, 0.25) is 11.9 Å². The minimum Gasteiger partial charge on any atom is -0.490 e. The first-order valence-corrected chi connectivity index (χ1v) is 16.9. The summed E-state index contributed by atoms with van der Waals surface area (Å²) in [7, 11) is 0. The van der Waals surface area contributed by atoms with Crippen LogP contribution in [0, 0.1) is 17.8 Å². The minimum atomic E-state index is -0.615.